The molecule has 0 bridgehead atoms. The summed E-state index contributed by atoms with van der Waals surface area (Å²) in [6.45, 7) is 19.7. The van der Waals surface area contributed by atoms with E-state index in [1.165, 1.54) is 17.0 Å². The number of rotatable bonds is 36. The molecule has 0 saturated carbocycles. The minimum atomic E-state index is -5.99. The fourth-order valence-corrected chi connectivity index (χ4v) is 16.7. The first kappa shape index (κ1) is 83.3. The number of sulfone groups is 1. The number of ether oxygens (including phenoxy) is 6. The Kier molecular flexibility index (Phi) is 30.3. The number of aliphatic hydroxyl groups excluding tert-OH is 1. The number of halogens is 4. The number of nitrogens with zero attached hydrogens (tertiary/aromatic N) is 6. The van der Waals surface area contributed by atoms with E-state index in [1.54, 1.807) is 28.4 Å². The summed E-state index contributed by atoms with van der Waals surface area (Å²) in [5.41, 5.74) is 2.17. The van der Waals surface area contributed by atoms with Crippen molar-refractivity contribution in [1.29, 1.82) is 0 Å². The Labute approximate surface area is 629 Å². The number of benzene rings is 4. The number of ketones is 2. The fraction of sp³-hybridized carbons (Fsp3) is 0.553. The molecule has 30 heteroatoms. The van der Waals surface area contributed by atoms with Gasteiger partial charge in [0.1, 0.15) is 13.2 Å². The number of morpholine rings is 1. The average Bonchev–Trinajstić information content (AvgIpc) is 0.929. The summed E-state index contributed by atoms with van der Waals surface area (Å²) in [5.74, 6) is -2.86. The normalized spacial score (nSPS) is 18.2. The maximum atomic E-state index is 14.2. The second-order valence-corrected chi connectivity index (χ2v) is 33.4. The Hall–Kier alpha value is -6.74. The molecule has 4 aliphatic heterocycles. The van der Waals surface area contributed by atoms with Crippen LogP contribution in [0.5, 0.6) is 0 Å². The lowest BCUT2D eigenvalue weighted by atomic mass is 9.76. The van der Waals surface area contributed by atoms with E-state index in [0.717, 1.165) is 56.2 Å². The molecule has 3 amide bonds. The third kappa shape index (κ3) is 23.2. The van der Waals surface area contributed by atoms with Gasteiger partial charge in [0.25, 0.3) is 25.8 Å². The predicted octanol–water partition coefficient (Wildman–Crippen LogP) is 10.3. The molecule has 0 unspecified atom stereocenters. The van der Waals surface area contributed by atoms with Gasteiger partial charge in [0, 0.05) is 107 Å². The number of carbonyl (C=O) groups excluding carboxylic acids is 5. The standard InChI is InChI=1S/C76H99ClF3N7O16S3/c1-7-54(22-24-83-30-32-98-33-31-83)43-59-16-21-65(46-70(59)105(94,95)76(78,79)80)106(96,97)82-72(91)58-14-19-62(20-15-58)85-28-26-84(27-29-85)47-60-48-86(25-23-66(60)56-12-17-61(77)18-13-56)74(93)103-41-40-101-37-36-99-34-35-100-38-39-102-50-64(89)44-67(75(4,5)6)73(92)87-49-63(88)45-68(87)69(90)42-52(2)55-8-10-57(11-9-55)71-53(3)81-51-104-71/h8-21,46,51-52,54,63,67-68,88H,7,22-45,47-50H2,1-6H3,(H,82,91)/t52-,54+,63-,67-,68+/m1/s1. The molecule has 4 aliphatic rings. The van der Waals surface area contributed by atoms with Gasteiger partial charge in [0.15, 0.2) is 11.6 Å². The smallest absolute Gasteiger partial charge is 0.447 e. The van der Waals surface area contributed by atoms with Gasteiger partial charge >= 0.3 is 11.6 Å². The first-order chi connectivity index (χ1) is 50.5. The zero-order valence-corrected chi connectivity index (χ0v) is 64.3. The Bertz CT molecular complexity index is 4040. The zero-order valence-electron chi connectivity index (χ0n) is 61.1. The number of aryl methyl sites for hydroxylation is 1. The fourth-order valence-electron chi connectivity index (χ4n) is 13.7. The Morgan fingerprint density at radius 3 is 2.02 bits per heavy atom. The van der Waals surface area contributed by atoms with Crippen LogP contribution in [-0.4, -0.2) is 238 Å². The minimum Gasteiger partial charge on any atom is -0.447 e. The van der Waals surface area contributed by atoms with Crippen molar-refractivity contribution in [3.63, 3.8) is 0 Å². The van der Waals surface area contributed by atoms with E-state index >= 15 is 0 Å². The maximum Gasteiger partial charge on any atom is 0.501 e. The summed E-state index contributed by atoms with van der Waals surface area (Å²) in [6.07, 6.45) is 0.570. The van der Waals surface area contributed by atoms with E-state index in [1.807, 2.05) is 100 Å². The van der Waals surface area contributed by atoms with Crippen molar-refractivity contribution in [3.05, 3.63) is 135 Å². The molecule has 0 radical (unpaired) electrons. The lowest BCUT2D eigenvalue weighted by molar-refractivity contribution is -0.146. The number of alkyl halides is 3. The number of hydrogen-bond donors (Lipinski definition) is 2. The monoisotopic (exact) mass is 1550 g/mol. The number of thiazole rings is 1. The molecule has 0 aliphatic carbocycles. The van der Waals surface area contributed by atoms with E-state index < -0.39 is 70.6 Å². The molecule has 580 valence electrons. The van der Waals surface area contributed by atoms with Gasteiger partial charge in [0.05, 0.1) is 97.5 Å². The van der Waals surface area contributed by atoms with Crippen molar-refractivity contribution in [3.8, 4) is 10.4 Å². The number of Topliss-reactive ketones (excluding diaryl/α,β-unsaturated/α-hetero) is 2. The zero-order chi connectivity index (χ0) is 76.3. The molecule has 1 aromatic heterocycles. The molecule has 0 spiro atoms. The molecule has 5 heterocycles. The summed E-state index contributed by atoms with van der Waals surface area (Å²) >= 11 is 7.85. The van der Waals surface area contributed by atoms with Crippen molar-refractivity contribution < 1.29 is 87.5 Å². The van der Waals surface area contributed by atoms with E-state index in [9.17, 15) is 59.1 Å². The number of carbonyl (C=O) groups is 5. The highest BCUT2D eigenvalue weighted by Gasteiger charge is 2.49. The molecule has 23 nitrogen and oxygen atoms in total. The van der Waals surface area contributed by atoms with Crippen molar-refractivity contribution in [2.45, 2.75) is 120 Å². The molecule has 5 atom stereocenters. The summed E-state index contributed by atoms with van der Waals surface area (Å²) in [7, 11) is -10.8. The van der Waals surface area contributed by atoms with Gasteiger partial charge in [-0.25, -0.2) is 31.3 Å². The largest absolute Gasteiger partial charge is 0.501 e. The van der Waals surface area contributed by atoms with E-state index in [-0.39, 0.29) is 132 Å². The van der Waals surface area contributed by atoms with Crippen molar-refractivity contribution in [2.75, 3.05) is 150 Å². The summed E-state index contributed by atoms with van der Waals surface area (Å²) < 4.78 is 131. The van der Waals surface area contributed by atoms with Crippen molar-refractivity contribution in [2.24, 2.45) is 17.3 Å². The molecule has 9 rings (SSSR count). The van der Waals surface area contributed by atoms with E-state index in [4.69, 9.17) is 40.0 Å². The number of aromatic nitrogens is 1. The predicted molar refractivity (Wildman–Crippen MR) is 397 cm³/mol. The number of anilines is 1. The van der Waals surface area contributed by atoms with E-state index in [2.05, 4.69) is 19.7 Å². The van der Waals surface area contributed by atoms with Crippen LogP contribution in [0, 0.1) is 24.2 Å². The SMILES string of the molecule is CC[C@@H](CCN1CCOCC1)Cc1ccc(S(=O)(=O)NC(=O)c2ccc(N3CCN(CC4=C(c5ccc(Cl)cc5)CCN(C(=O)OCCOCCOCCOCCOCC(=O)C[C@H](C(=O)N5C[C@H](O)C[C@H]5C(=O)C[C@@H](C)c5ccc(-c6scnc6C)cc5)C(C)(C)C)C4)CC3)cc2)cc1S(=O)(=O)C(F)(F)F. The summed E-state index contributed by atoms with van der Waals surface area (Å²) in [4.78, 5) is 81.4. The number of likely N-dealkylation sites (tertiary alicyclic amines) is 1. The summed E-state index contributed by atoms with van der Waals surface area (Å²) in [5, 5.41) is 11.3. The van der Waals surface area contributed by atoms with E-state index in [0.29, 0.717) is 109 Å². The van der Waals surface area contributed by atoms with Gasteiger partial charge in [-0.3, -0.25) is 29.0 Å². The van der Waals surface area contributed by atoms with Crippen LogP contribution in [0.2, 0.25) is 5.02 Å². The first-order valence-corrected chi connectivity index (χ1v) is 40.3. The van der Waals surface area contributed by atoms with Gasteiger partial charge in [0.2, 0.25) is 5.91 Å². The number of hydrogen-bond acceptors (Lipinski definition) is 21. The number of aliphatic hydroxyl groups is 1. The number of sulfonamides is 1. The van der Waals surface area contributed by atoms with Crippen LogP contribution in [0.25, 0.3) is 16.0 Å². The Balaban J connectivity index is 0.652. The summed E-state index contributed by atoms with van der Waals surface area (Å²) in [6, 6.07) is 23.7. The third-order valence-electron chi connectivity index (χ3n) is 19.9. The number of amides is 3. The van der Waals surface area contributed by atoms with Gasteiger partial charge in [-0.15, -0.1) is 11.3 Å². The first-order valence-electron chi connectivity index (χ1n) is 36.1. The highest BCUT2D eigenvalue weighted by molar-refractivity contribution is 7.92. The third-order valence-corrected chi connectivity index (χ3v) is 24.0. The lowest BCUT2D eigenvalue weighted by Crippen LogP contribution is -2.48. The van der Waals surface area contributed by atoms with Gasteiger partial charge in [-0.05, 0) is 132 Å². The molecule has 5 aromatic rings. The number of β-amino-alcohol motifs (C(OH)–C–C–N with tert-alkyl or cyclic N) is 1. The molecule has 2 N–H and O–H groups in total. The lowest BCUT2D eigenvalue weighted by Gasteiger charge is -2.38. The van der Waals surface area contributed by atoms with Gasteiger partial charge < -0.3 is 48.2 Å². The van der Waals surface area contributed by atoms with Crippen LogP contribution >= 0.6 is 22.9 Å². The van der Waals surface area contributed by atoms with Gasteiger partial charge in [-0.2, -0.15) is 13.2 Å². The second-order valence-electron chi connectivity index (χ2n) is 28.5. The van der Waals surface area contributed by atoms with Crippen LogP contribution in [0.15, 0.2) is 112 Å². The van der Waals surface area contributed by atoms with Crippen LogP contribution in [0.4, 0.5) is 23.7 Å². The minimum absolute atomic E-state index is 0.0204. The molecule has 106 heavy (non-hydrogen) atoms. The number of nitrogens with one attached hydrogen (secondary N) is 1. The highest BCUT2D eigenvalue weighted by Crippen LogP contribution is 2.38. The molecule has 3 fully saturated rings. The Morgan fingerprint density at radius 2 is 1.41 bits per heavy atom. The average molecular weight is 1560 g/mol. The van der Waals surface area contributed by atoms with Crippen LogP contribution in [0.1, 0.15) is 112 Å². The molecular formula is C76H99ClF3N7O16S3. The molecule has 3 saturated heterocycles. The van der Waals surface area contributed by atoms with Crippen molar-refractivity contribution >= 4 is 83.5 Å². The maximum absolute atomic E-state index is 14.2. The molecule has 4 aromatic carbocycles. The van der Waals surface area contributed by atoms with Crippen LogP contribution in [-0.2, 0) is 69.1 Å². The van der Waals surface area contributed by atoms with Crippen LogP contribution in [0.3, 0.4) is 0 Å². The quantitative estimate of drug-likeness (QED) is 0.0353. The molecular weight excluding hydrogens is 1460 g/mol. The topological polar surface area (TPSA) is 270 Å². The van der Waals surface area contributed by atoms with Crippen LogP contribution < -0.4 is 9.62 Å². The Morgan fingerprint density at radius 1 is 0.774 bits per heavy atom. The number of piperazine rings is 1. The van der Waals surface area contributed by atoms with Crippen molar-refractivity contribution in [1.82, 2.24) is 29.3 Å². The second kappa shape index (κ2) is 38.6. The highest BCUT2D eigenvalue weighted by atomic mass is 35.5. The van der Waals surface area contributed by atoms with Gasteiger partial charge in [-0.1, -0.05) is 95.1 Å².